The topological polar surface area (TPSA) is 67.4 Å². The highest BCUT2D eigenvalue weighted by molar-refractivity contribution is 6.03. The van der Waals surface area contributed by atoms with Crippen LogP contribution in [0, 0.1) is 0 Å². The largest absolute Gasteiger partial charge is 0.376 e. The zero-order valence-electron chi connectivity index (χ0n) is 15.4. The highest BCUT2D eigenvalue weighted by Crippen LogP contribution is 2.17. The first-order chi connectivity index (χ1) is 13.2. The zero-order valence-corrected chi connectivity index (χ0v) is 15.4. The number of aryl methyl sites for hydroxylation is 1. The number of hydrogen-bond donors (Lipinski definition) is 2. The molecule has 142 valence electrons. The van der Waals surface area contributed by atoms with Crippen molar-refractivity contribution in [3.63, 3.8) is 0 Å². The standard InChI is InChI=1S/C22H26N2O3/c25-21(14-6-10-17-8-2-1-3-9-17)24-20-13-5-4-12-19(20)22(26)23-16-18-11-7-15-27-18/h1-5,8-9,12-13,18H,6-7,10-11,14-16H2,(H,23,26)(H,24,25). The lowest BCUT2D eigenvalue weighted by atomic mass is 10.1. The third-order valence-corrected chi connectivity index (χ3v) is 4.67. The van der Waals surface area contributed by atoms with Crippen LogP contribution in [-0.4, -0.2) is 31.1 Å². The van der Waals surface area contributed by atoms with E-state index < -0.39 is 0 Å². The predicted molar refractivity (Wildman–Crippen MR) is 106 cm³/mol. The van der Waals surface area contributed by atoms with E-state index >= 15 is 0 Å². The first-order valence-corrected chi connectivity index (χ1v) is 9.55. The van der Waals surface area contributed by atoms with Gasteiger partial charge in [-0.2, -0.15) is 0 Å². The fraction of sp³-hybridized carbons (Fsp3) is 0.364. The van der Waals surface area contributed by atoms with Gasteiger partial charge in [0.25, 0.3) is 5.91 Å². The van der Waals surface area contributed by atoms with Gasteiger partial charge < -0.3 is 15.4 Å². The molecule has 0 saturated carbocycles. The van der Waals surface area contributed by atoms with Crippen LogP contribution >= 0.6 is 0 Å². The number of ether oxygens (including phenoxy) is 1. The van der Waals surface area contributed by atoms with Gasteiger partial charge in [-0.25, -0.2) is 0 Å². The van der Waals surface area contributed by atoms with Gasteiger partial charge >= 0.3 is 0 Å². The first kappa shape index (κ1) is 19.1. The van der Waals surface area contributed by atoms with Gasteiger partial charge in [0.05, 0.1) is 17.4 Å². The van der Waals surface area contributed by atoms with E-state index in [4.69, 9.17) is 4.74 Å². The minimum absolute atomic E-state index is 0.0784. The van der Waals surface area contributed by atoms with E-state index in [0.717, 1.165) is 32.3 Å². The van der Waals surface area contributed by atoms with Crippen molar-refractivity contribution in [1.29, 1.82) is 0 Å². The van der Waals surface area contributed by atoms with Crippen molar-refractivity contribution in [2.24, 2.45) is 0 Å². The van der Waals surface area contributed by atoms with Gasteiger partial charge in [0, 0.05) is 19.6 Å². The molecule has 27 heavy (non-hydrogen) atoms. The quantitative estimate of drug-likeness (QED) is 0.751. The molecule has 1 atom stereocenters. The van der Waals surface area contributed by atoms with Crippen molar-refractivity contribution in [3.05, 3.63) is 65.7 Å². The number of nitrogens with one attached hydrogen (secondary N) is 2. The van der Waals surface area contributed by atoms with Gasteiger partial charge in [-0.3, -0.25) is 9.59 Å². The third kappa shape index (κ3) is 5.93. The van der Waals surface area contributed by atoms with Crippen molar-refractivity contribution >= 4 is 17.5 Å². The lowest BCUT2D eigenvalue weighted by Crippen LogP contribution is -2.32. The average Bonchev–Trinajstić information content (AvgIpc) is 3.21. The summed E-state index contributed by atoms with van der Waals surface area (Å²) in [5, 5.41) is 5.78. The SMILES string of the molecule is O=C(CCCc1ccccc1)Nc1ccccc1C(=O)NCC1CCCO1. The number of amides is 2. The molecule has 0 bridgehead atoms. The second-order valence-electron chi connectivity index (χ2n) is 6.78. The molecule has 1 unspecified atom stereocenters. The van der Waals surface area contributed by atoms with E-state index in [2.05, 4.69) is 22.8 Å². The maximum Gasteiger partial charge on any atom is 0.253 e. The molecule has 1 aliphatic heterocycles. The summed E-state index contributed by atoms with van der Waals surface area (Å²) in [4.78, 5) is 24.8. The van der Waals surface area contributed by atoms with Gasteiger partial charge in [0.1, 0.15) is 0 Å². The summed E-state index contributed by atoms with van der Waals surface area (Å²) in [6, 6.07) is 17.2. The Morgan fingerprint density at radius 3 is 2.59 bits per heavy atom. The van der Waals surface area contributed by atoms with Gasteiger partial charge in [-0.15, -0.1) is 0 Å². The molecule has 2 N–H and O–H groups in total. The summed E-state index contributed by atoms with van der Waals surface area (Å²) in [5.41, 5.74) is 2.25. The Hall–Kier alpha value is -2.66. The molecule has 0 spiro atoms. The molecule has 2 amide bonds. The van der Waals surface area contributed by atoms with Crippen LogP contribution in [0.3, 0.4) is 0 Å². The van der Waals surface area contributed by atoms with Crippen molar-refractivity contribution < 1.29 is 14.3 Å². The van der Waals surface area contributed by atoms with Gasteiger partial charge in [-0.1, -0.05) is 42.5 Å². The van der Waals surface area contributed by atoms with E-state index in [1.165, 1.54) is 5.56 Å². The van der Waals surface area contributed by atoms with Gasteiger partial charge in [0.15, 0.2) is 0 Å². The van der Waals surface area contributed by atoms with Crippen LogP contribution in [-0.2, 0) is 16.0 Å². The molecule has 5 nitrogen and oxygen atoms in total. The fourth-order valence-corrected chi connectivity index (χ4v) is 3.21. The molecule has 1 aliphatic rings. The van der Waals surface area contributed by atoms with E-state index in [0.29, 0.717) is 24.2 Å². The van der Waals surface area contributed by atoms with Crippen LogP contribution in [0.4, 0.5) is 5.69 Å². The number of carbonyl (C=O) groups excluding carboxylic acids is 2. The Bertz CT molecular complexity index is 755. The van der Waals surface area contributed by atoms with Crippen molar-refractivity contribution in [1.82, 2.24) is 5.32 Å². The maximum atomic E-state index is 12.5. The molecule has 0 aromatic heterocycles. The fourth-order valence-electron chi connectivity index (χ4n) is 3.21. The number of carbonyl (C=O) groups is 2. The Labute approximate surface area is 160 Å². The molecule has 1 heterocycles. The number of anilines is 1. The van der Waals surface area contributed by atoms with Crippen molar-refractivity contribution in [3.8, 4) is 0 Å². The summed E-state index contributed by atoms with van der Waals surface area (Å²) >= 11 is 0. The normalized spacial score (nSPS) is 16.1. The van der Waals surface area contributed by atoms with Crippen LogP contribution < -0.4 is 10.6 Å². The molecule has 2 aromatic rings. The first-order valence-electron chi connectivity index (χ1n) is 9.55. The highest BCUT2D eigenvalue weighted by Gasteiger charge is 2.18. The maximum absolute atomic E-state index is 12.5. The zero-order chi connectivity index (χ0) is 18.9. The third-order valence-electron chi connectivity index (χ3n) is 4.67. The molecular formula is C22H26N2O3. The van der Waals surface area contributed by atoms with E-state index in [1.54, 1.807) is 18.2 Å². The average molecular weight is 366 g/mol. The number of hydrogen-bond acceptors (Lipinski definition) is 3. The molecule has 2 aromatic carbocycles. The molecule has 1 fully saturated rings. The summed E-state index contributed by atoms with van der Waals surface area (Å²) in [6.45, 7) is 1.26. The molecule has 0 aliphatic carbocycles. The van der Waals surface area contributed by atoms with Gasteiger partial charge in [-0.05, 0) is 43.4 Å². The smallest absolute Gasteiger partial charge is 0.253 e. The van der Waals surface area contributed by atoms with Gasteiger partial charge in [0.2, 0.25) is 5.91 Å². The van der Waals surface area contributed by atoms with E-state index in [-0.39, 0.29) is 17.9 Å². The summed E-state index contributed by atoms with van der Waals surface area (Å²) < 4.78 is 5.53. The Morgan fingerprint density at radius 2 is 1.81 bits per heavy atom. The summed E-state index contributed by atoms with van der Waals surface area (Å²) in [7, 11) is 0. The second kappa shape index (κ2) is 9.88. The molecule has 5 heteroatoms. The van der Waals surface area contributed by atoms with Crippen LogP contribution in [0.2, 0.25) is 0 Å². The minimum Gasteiger partial charge on any atom is -0.376 e. The van der Waals surface area contributed by atoms with Crippen molar-refractivity contribution in [2.75, 3.05) is 18.5 Å². The summed E-state index contributed by atoms with van der Waals surface area (Å²) in [6.07, 6.45) is 4.14. The van der Waals surface area contributed by atoms with Crippen LogP contribution in [0.15, 0.2) is 54.6 Å². The molecular weight excluding hydrogens is 340 g/mol. The lowest BCUT2D eigenvalue weighted by Gasteiger charge is -2.14. The van der Waals surface area contributed by atoms with Crippen LogP contribution in [0.25, 0.3) is 0 Å². The highest BCUT2D eigenvalue weighted by atomic mass is 16.5. The second-order valence-corrected chi connectivity index (χ2v) is 6.78. The van der Waals surface area contributed by atoms with Crippen molar-refractivity contribution in [2.45, 2.75) is 38.2 Å². The predicted octanol–water partition coefficient (Wildman–Crippen LogP) is 3.56. The molecule has 3 rings (SSSR count). The Kier molecular flexibility index (Phi) is 6.99. The molecule has 0 radical (unpaired) electrons. The Morgan fingerprint density at radius 1 is 1.04 bits per heavy atom. The van der Waals surface area contributed by atoms with Crippen LogP contribution in [0.1, 0.15) is 41.6 Å². The molecule has 1 saturated heterocycles. The number of rotatable bonds is 8. The van der Waals surface area contributed by atoms with E-state index in [9.17, 15) is 9.59 Å². The summed E-state index contributed by atoms with van der Waals surface area (Å²) in [5.74, 6) is -0.268. The number of para-hydroxylation sites is 1. The van der Waals surface area contributed by atoms with E-state index in [1.807, 2.05) is 24.3 Å². The van der Waals surface area contributed by atoms with Crippen LogP contribution in [0.5, 0.6) is 0 Å². The minimum atomic E-state index is -0.189. The Balaban J connectivity index is 1.50. The monoisotopic (exact) mass is 366 g/mol. The number of benzene rings is 2. The lowest BCUT2D eigenvalue weighted by molar-refractivity contribution is -0.116.